The van der Waals surface area contributed by atoms with Gasteiger partial charge in [-0.25, -0.2) is 24.0 Å². The predicted molar refractivity (Wildman–Crippen MR) is 234 cm³/mol. The summed E-state index contributed by atoms with van der Waals surface area (Å²) in [5, 5.41) is 0. The fourth-order valence-corrected chi connectivity index (χ4v) is 5.53. The van der Waals surface area contributed by atoms with E-state index in [4.69, 9.17) is 77.0 Å². The topological polar surface area (TPSA) is 132 Å². The van der Waals surface area contributed by atoms with Gasteiger partial charge in [0.25, 0.3) is 0 Å². The Morgan fingerprint density at radius 3 is 0.839 bits per heavy atom. The third kappa shape index (κ3) is 38.3. The monoisotopic (exact) mass is 904 g/mol. The van der Waals surface area contributed by atoms with Gasteiger partial charge in [0, 0.05) is 58.0 Å². The van der Waals surface area contributed by atoms with Crippen LogP contribution < -0.4 is 0 Å². The highest BCUT2D eigenvalue weighted by Crippen LogP contribution is 2.32. The Bertz CT molecular complexity index is 1080. The number of rotatable bonds is 12. The maximum atomic E-state index is 10.8. The molecule has 336 valence electrons. The van der Waals surface area contributed by atoms with E-state index in [1.54, 1.807) is 0 Å². The lowest BCUT2D eigenvalue weighted by molar-refractivity contribution is 0.00140. The second kappa shape index (κ2) is 31.7. The second-order valence-electron chi connectivity index (χ2n) is 18.1. The van der Waals surface area contributed by atoms with E-state index in [2.05, 4.69) is 39.4 Å². The van der Waals surface area contributed by atoms with Crippen LogP contribution in [0.2, 0.25) is 0 Å². The van der Waals surface area contributed by atoms with Crippen LogP contribution >= 0.6 is 58.0 Å². The average molecular weight is 907 g/mol. The Morgan fingerprint density at radius 1 is 0.411 bits per heavy atom. The molecule has 0 radical (unpaired) electrons. The van der Waals surface area contributed by atoms with Gasteiger partial charge < -0.3 is 23.7 Å². The highest BCUT2D eigenvalue weighted by molar-refractivity contribution is 6.62. The molecule has 0 aliphatic heterocycles. The number of hydrogen-bond acceptors (Lipinski definition) is 10. The summed E-state index contributed by atoms with van der Waals surface area (Å²) in [5.41, 5.74) is -3.73. The molecule has 56 heavy (non-hydrogen) atoms. The zero-order valence-electron chi connectivity index (χ0n) is 38.2. The van der Waals surface area contributed by atoms with Crippen molar-refractivity contribution in [1.29, 1.82) is 0 Å². The summed E-state index contributed by atoms with van der Waals surface area (Å²) in [5.74, 6) is 1.63. The Labute approximate surface area is 365 Å². The molecular weight excluding hydrogens is 830 g/mol. The Kier molecular flexibility index (Phi) is 36.2. The van der Waals surface area contributed by atoms with Crippen LogP contribution in [0, 0.1) is 45.8 Å². The van der Waals surface area contributed by atoms with Gasteiger partial charge in [-0.1, -0.05) is 132 Å². The van der Waals surface area contributed by atoms with E-state index in [9.17, 15) is 24.0 Å². The Hall–Kier alpha value is -1.20. The molecule has 0 aliphatic carbocycles. The minimum absolute atomic E-state index is 0.0372. The summed E-state index contributed by atoms with van der Waals surface area (Å²) >= 11 is 25.5. The van der Waals surface area contributed by atoms with E-state index in [1.165, 1.54) is 0 Å². The first kappa shape index (κ1) is 64.0. The molecule has 10 nitrogen and oxygen atoms in total. The molecule has 4 unspecified atom stereocenters. The van der Waals surface area contributed by atoms with Crippen molar-refractivity contribution in [3.63, 3.8) is 0 Å². The minimum Gasteiger partial charge on any atom is -0.450 e. The molecule has 0 saturated carbocycles. The van der Waals surface area contributed by atoms with E-state index in [-0.39, 0.29) is 52.7 Å². The van der Waals surface area contributed by atoms with Gasteiger partial charge in [0.1, 0.15) is 30.5 Å². The molecule has 0 rings (SSSR count). The zero-order chi connectivity index (χ0) is 46.1. The summed E-state index contributed by atoms with van der Waals surface area (Å²) in [4.78, 5) is 52.1. The molecule has 0 bridgehead atoms. The van der Waals surface area contributed by atoms with E-state index in [1.807, 2.05) is 111 Å². The lowest BCUT2D eigenvalue weighted by atomic mass is 9.79. The number of hydrogen-bond donors (Lipinski definition) is 0. The highest BCUT2D eigenvalue weighted by atomic mass is 35.5. The third-order valence-electron chi connectivity index (χ3n) is 8.48. The first-order valence-corrected chi connectivity index (χ1v) is 21.1. The van der Waals surface area contributed by atoms with E-state index in [0.29, 0.717) is 23.7 Å². The molecule has 0 spiro atoms. The quantitative estimate of drug-likeness (QED) is 0.138. The fourth-order valence-electron chi connectivity index (χ4n) is 4.96. The summed E-state index contributed by atoms with van der Waals surface area (Å²) in [7, 11) is 0. The van der Waals surface area contributed by atoms with Crippen molar-refractivity contribution in [3.8, 4) is 0 Å². The maximum Gasteiger partial charge on any atom is 0.404 e. The molecule has 0 aromatic heterocycles. The number of halogens is 5. The van der Waals surface area contributed by atoms with E-state index in [0.717, 1.165) is 12.8 Å². The van der Waals surface area contributed by atoms with Gasteiger partial charge in [0.05, 0.1) is 0 Å². The van der Waals surface area contributed by atoms with Crippen molar-refractivity contribution < 1.29 is 47.7 Å². The number of carbonyl (C=O) groups excluding carboxylic acids is 5. The van der Waals surface area contributed by atoms with E-state index >= 15 is 0 Å². The molecule has 0 N–H and O–H groups in total. The molecular formula is C41H77Cl5O10. The Balaban J connectivity index is -0.000000195. The van der Waals surface area contributed by atoms with Crippen molar-refractivity contribution in [2.24, 2.45) is 45.8 Å². The van der Waals surface area contributed by atoms with Gasteiger partial charge in [-0.3, -0.25) is 0 Å². The second-order valence-corrected chi connectivity index (χ2v) is 19.6. The first-order chi connectivity index (χ1) is 24.9. The molecule has 4 atom stereocenters. The lowest BCUT2D eigenvalue weighted by Gasteiger charge is -2.35. The molecule has 0 saturated heterocycles. The van der Waals surface area contributed by atoms with Crippen LogP contribution in [0.1, 0.15) is 158 Å². The van der Waals surface area contributed by atoms with Crippen LogP contribution in [0.5, 0.6) is 0 Å². The minimum atomic E-state index is -0.734. The van der Waals surface area contributed by atoms with Crippen molar-refractivity contribution in [1.82, 2.24) is 0 Å². The van der Waals surface area contributed by atoms with Crippen LogP contribution in [0.4, 0.5) is 24.0 Å². The average Bonchev–Trinajstić information content (AvgIpc) is 2.97. The van der Waals surface area contributed by atoms with Gasteiger partial charge in [-0.15, -0.1) is 0 Å². The molecule has 0 aromatic rings. The summed E-state index contributed by atoms with van der Waals surface area (Å²) < 4.78 is 24.5. The van der Waals surface area contributed by atoms with Gasteiger partial charge in [0.2, 0.25) is 0 Å². The van der Waals surface area contributed by atoms with Crippen LogP contribution in [0.25, 0.3) is 0 Å². The molecule has 0 aliphatic rings. The third-order valence-corrected chi connectivity index (χ3v) is 8.92. The van der Waals surface area contributed by atoms with Gasteiger partial charge in [0.15, 0.2) is 0 Å². The largest absolute Gasteiger partial charge is 0.450 e. The molecule has 0 heterocycles. The lowest BCUT2D eigenvalue weighted by Crippen LogP contribution is -2.36. The van der Waals surface area contributed by atoms with Crippen molar-refractivity contribution in [2.45, 2.75) is 189 Å². The smallest absolute Gasteiger partial charge is 0.404 e. The van der Waals surface area contributed by atoms with E-state index < -0.39 is 27.1 Å². The van der Waals surface area contributed by atoms with Gasteiger partial charge >= 0.3 is 27.1 Å². The van der Waals surface area contributed by atoms with Crippen LogP contribution in [-0.2, 0) is 23.7 Å². The number of carbonyl (C=O) groups is 5. The SMILES string of the molecule is CC(C)C(C)OC(=O)Cl.CC(C)C(OC(=O)Cl)C(C)(C)C.CC(C)C(OC(=O)Cl)C(C)C.CC(OC(=O)Cl)C(C)(C)C.CCC(CC)C(OC(=O)Cl)C(C)(C)C. The van der Waals surface area contributed by atoms with Crippen molar-refractivity contribution >= 4 is 85.1 Å². The maximum absolute atomic E-state index is 10.8. The molecule has 0 amide bonds. The first-order valence-electron chi connectivity index (χ1n) is 19.2. The highest BCUT2D eigenvalue weighted by Gasteiger charge is 2.33. The molecule has 0 aromatic carbocycles. The van der Waals surface area contributed by atoms with Crippen LogP contribution in [0.3, 0.4) is 0 Å². The number of ether oxygens (including phenoxy) is 5. The summed E-state index contributed by atoms with van der Waals surface area (Å²) in [6, 6.07) is 0. The van der Waals surface area contributed by atoms with Crippen molar-refractivity contribution in [3.05, 3.63) is 0 Å². The standard InChI is InChI=1S/C11H21ClO2.C9H17ClO2.C8H15ClO2.C7H13ClO2.C6H11ClO2/c1-6-8(7-2)9(11(3,4)5)14-10(12)13;1-6(2)7(9(3,4)5)12-8(10)11;1-5(2)7(6(3)4)11-8(9)10;1-5(7(2,3)4)10-6(8)9;1-4(2)5(3)9-6(7)8/h8-9H,6-7H2,1-5H3;6-7H,1-5H3;5-7H,1-4H3;5H,1-4H3;4-5H,1-3H3. The summed E-state index contributed by atoms with van der Waals surface area (Å²) in [6.07, 6.45) is 1.49. The van der Waals surface area contributed by atoms with Gasteiger partial charge in [-0.2, -0.15) is 0 Å². The Morgan fingerprint density at radius 2 is 0.714 bits per heavy atom. The normalized spacial score (nSPS) is 13.6. The summed E-state index contributed by atoms with van der Waals surface area (Å²) in [6.45, 7) is 42.0. The predicted octanol–water partition coefficient (Wildman–Crippen LogP) is 15.9. The van der Waals surface area contributed by atoms with Gasteiger partial charge in [-0.05, 0) is 72.5 Å². The van der Waals surface area contributed by atoms with Crippen LogP contribution in [0.15, 0.2) is 0 Å². The zero-order valence-corrected chi connectivity index (χ0v) is 41.9. The van der Waals surface area contributed by atoms with Crippen LogP contribution in [-0.4, -0.2) is 57.7 Å². The molecule has 0 fully saturated rings. The van der Waals surface area contributed by atoms with Crippen molar-refractivity contribution in [2.75, 3.05) is 0 Å². The fraction of sp³-hybridized carbons (Fsp3) is 0.878. The molecule has 15 heteroatoms.